The average molecular weight is 261 g/mol. The zero-order valence-electron chi connectivity index (χ0n) is 10.7. The molecule has 2 aromatic rings. The van der Waals surface area contributed by atoms with Gasteiger partial charge < -0.3 is 5.32 Å². The molecule has 1 unspecified atom stereocenters. The van der Waals surface area contributed by atoms with E-state index in [0.717, 1.165) is 16.9 Å². The van der Waals surface area contributed by atoms with Crippen molar-refractivity contribution in [2.24, 2.45) is 0 Å². The Morgan fingerprint density at radius 3 is 2.50 bits per heavy atom. The van der Waals surface area contributed by atoms with Crippen molar-refractivity contribution in [3.63, 3.8) is 0 Å². The molecule has 0 aliphatic rings. The lowest BCUT2D eigenvalue weighted by atomic mass is 9.94. The van der Waals surface area contributed by atoms with Crippen LogP contribution in [0.2, 0.25) is 0 Å². The number of alkyl halides is 1. The molecule has 0 radical (unpaired) electrons. The molecule has 94 valence electrons. The maximum Gasteiger partial charge on any atom is 0.129 e. The highest BCUT2D eigenvalue weighted by Gasteiger charge is 2.26. The molecule has 2 nitrogen and oxygen atoms in total. The highest BCUT2D eigenvalue weighted by atomic mass is 35.5. The van der Waals surface area contributed by atoms with Gasteiger partial charge in [0.05, 0.1) is 5.54 Å². The summed E-state index contributed by atoms with van der Waals surface area (Å²) in [5.74, 6) is 1.36. The SMILES string of the molecule is Cc1cccnc1NC(C)(CCl)c1ccccc1. The van der Waals surface area contributed by atoms with Crippen molar-refractivity contribution in [2.75, 3.05) is 11.2 Å². The standard InChI is InChI=1S/C15H17ClN2/c1-12-7-6-10-17-14(12)18-15(2,11-16)13-8-4-3-5-9-13/h3-10H,11H2,1-2H3,(H,17,18). The monoisotopic (exact) mass is 260 g/mol. The average Bonchev–Trinajstić information content (AvgIpc) is 2.42. The molecule has 0 fully saturated rings. The third-order valence-corrected chi connectivity index (χ3v) is 3.62. The fourth-order valence-corrected chi connectivity index (χ4v) is 2.09. The van der Waals surface area contributed by atoms with Crippen LogP contribution >= 0.6 is 11.6 Å². The van der Waals surface area contributed by atoms with Gasteiger partial charge >= 0.3 is 0 Å². The zero-order chi connectivity index (χ0) is 13.0. The van der Waals surface area contributed by atoms with E-state index in [2.05, 4.69) is 29.4 Å². The number of nitrogens with zero attached hydrogens (tertiary/aromatic N) is 1. The van der Waals surface area contributed by atoms with Gasteiger partial charge in [0.1, 0.15) is 5.82 Å². The number of anilines is 1. The lowest BCUT2D eigenvalue weighted by molar-refractivity contribution is 0.613. The van der Waals surface area contributed by atoms with E-state index < -0.39 is 0 Å². The van der Waals surface area contributed by atoms with Crippen molar-refractivity contribution in [1.82, 2.24) is 4.98 Å². The molecule has 18 heavy (non-hydrogen) atoms. The topological polar surface area (TPSA) is 24.9 Å². The molecule has 1 atom stereocenters. The van der Waals surface area contributed by atoms with E-state index >= 15 is 0 Å². The predicted molar refractivity (Wildman–Crippen MR) is 77.1 cm³/mol. The summed E-state index contributed by atoms with van der Waals surface area (Å²) in [6.07, 6.45) is 1.79. The summed E-state index contributed by atoms with van der Waals surface area (Å²) in [4.78, 5) is 4.37. The number of hydrogen-bond acceptors (Lipinski definition) is 2. The highest BCUT2D eigenvalue weighted by Crippen LogP contribution is 2.27. The van der Waals surface area contributed by atoms with Crippen molar-refractivity contribution in [2.45, 2.75) is 19.4 Å². The van der Waals surface area contributed by atoms with Gasteiger partial charge in [-0.25, -0.2) is 4.98 Å². The Bertz CT molecular complexity index is 513. The summed E-state index contributed by atoms with van der Waals surface area (Å²) in [5, 5.41) is 3.45. The van der Waals surface area contributed by atoms with Crippen LogP contribution < -0.4 is 5.32 Å². The van der Waals surface area contributed by atoms with Gasteiger partial charge in [0.25, 0.3) is 0 Å². The Balaban J connectivity index is 2.32. The van der Waals surface area contributed by atoms with Crippen LogP contribution in [0.5, 0.6) is 0 Å². The minimum atomic E-state index is -0.318. The maximum atomic E-state index is 6.16. The van der Waals surface area contributed by atoms with Crippen LogP contribution in [-0.2, 0) is 5.54 Å². The molecule has 3 heteroatoms. The van der Waals surface area contributed by atoms with Crippen LogP contribution in [0.3, 0.4) is 0 Å². The second kappa shape index (κ2) is 5.40. The van der Waals surface area contributed by atoms with Crippen molar-refractivity contribution in [3.8, 4) is 0 Å². The molecule has 2 rings (SSSR count). The molecule has 1 aromatic heterocycles. The molecule has 0 amide bonds. The van der Waals surface area contributed by atoms with Crippen LogP contribution in [0, 0.1) is 6.92 Å². The van der Waals surface area contributed by atoms with Gasteiger partial charge in [0, 0.05) is 12.1 Å². The Kier molecular flexibility index (Phi) is 3.87. The Morgan fingerprint density at radius 1 is 1.17 bits per heavy atom. The molecular formula is C15H17ClN2. The van der Waals surface area contributed by atoms with E-state index in [1.54, 1.807) is 6.20 Å². The second-order valence-electron chi connectivity index (χ2n) is 4.63. The third-order valence-electron chi connectivity index (χ3n) is 3.08. The number of nitrogens with one attached hydrogen (secondary N) is 1. The predicted octanol–water partition coefficient (Wildman–Crippen LogP) is 3.96. The highest BCUT2D eigenvalue weighted by molar-refractivity contribution is 6.18. The number of benzene rings is 1. The summed E-state index contributed by atoms with van der Waals surface area (Å²) >= 11 is 6.16. The minimum absolute atomic E-state index is 0.318. The Morgan fingerprint density at radius 2 is 1.89 bits per heavy atom. The number of aromatic nitrogens is 1. The molecule has 0 aliphatic heterocycles. The molecule has 0 aliphatic carbocycles. The summed E-state index contributed by atoms with van der Waals surface area (Å²) in [5.41, 5.74) is 1.96. The molecule has 0 spiro atoms. The molecule has 1 heterocycles. The van der Waals surface area contributed by atoms with Gasteiger partial charge in [0.2, 0.25) is 0 Å². The van der Waals surface area contributed by atoms with Crippen molar-refractivity contribution < 1.29 is 0 Å². The number of rotatable bonds is 4. The first-order valence-corrected chi connectivity index (χ1v) is 6.50. The van der Waals surface area contributed by atoms with E-state index in [-0.39, 0.29) is 5.54 Å². The van der Waals surface area contributed by atoms with E-state index in [1.165, 1.54) is 0 Å². The number of pyridine rings is 1. The zero-order valence-corrected chi connectivity index (χ0v) is 11.4. The Labute approximate surface area is 113 Å². The lowest BCUT2D eigenvalue weighted by Gasteiger charge is -2.30. The largest absolute Gasteiger partial charge is 0.359 e. The van der Waals surface area contributed by atoms with Crippen molar-refractivity contribution in [1.29, 1.82) is 0 Å². The van der Waals surface area contributed by atoms with Gasteiger partial charge in [-0.2, -0.15) is 0 Å². The molecule has 1 aromatic carbocycles. The van der Waals surface area contributed by atoms with Gasteiger partial charge in [0.15, 0.2) is 0 Å². The molecular weight excluding hydrogens is 244 g/mol. The first-order valence-electron chi connectivity index (χ1n) is 5.97. The van der Waals surface area contributed by atoms with E-state index in [0.29, 0.717) is 5.88 Å². The summed E-state index contributed by atoms with van der Waals surface area (Å²) in [6, 6.07) is 14.2. The van der Waals surface area contributed by atoms with Crippen molar-refractivity contribution in [3.05, 3.63) is 59.8 Å². The Hall–Kier alpha value is -1.54. The fraction of sp³-hybridized carbons (Fsp3) is 0.267. The van der Waals surface area contributed by atoms with Crippen molar-refractivity contribution >= 4 is 17.4 Å². The van der Waals surface area contributed by atoms with Gasteiger partial charge in [-0.1, -0.05) is 36.4 Å². The van der Waals surface area contributed by atoms with Gasteiger partial charge in [-0.05, 0) is 31.0 Å². The molecule has 0 saturated carbocycles. The smallest absolute Gasteiger partial charge is 0.129 e. The minimum Gasteiger partial charge on any atom is -0.359 e. The van der Waals surface area contributed by atoms with E-state index in [9.17, 15) is 0 Å². The number of aryl methyl sites for hydroxylation is 1. The molecule has 0 saturated heterocycles. The molecule has 0 bridgehead atoms. The van der Waals surface area contributed by atoms with E-state index in [4.69, 9.17) is 11.6 Å². The number of hydrogen-bond donors (Lipinski definition) is 1. The van der Waals surface area contributed by atoms with Gasteiger partial charge in [-0.3, -0.25) is 0 Å². The number of halogens is 1. The summed E-state index contributed by atoms with van der Waals surface area (Å²) in [7, 11) is 0. The van der Waals surface area contributed by atoms with Crippen LogP contribution in [0.15, 0.2) is 48.7 Å². The molecule has 1 N–H and O–H groups in total. The normalized spacial score (nSPS) is 13.9. The maximum absolute atomic E-state index is 6.16. The third kappa shape index (κ3) is 2.65. The van der Waals surface area contributed by atoms with Crippen LogP contribution in [-0.4, -0.2) is 10.9 Å². The van der Waals surface area contributed by atoms with Crippen LogP contribution in [0.25, 0.3) is 0 Å². The quantitative estimate of drug-likeness (QED) is 0.842. The summed E-state index contributed by atoms with van der Waals surface area (Å²) in [6.45, 7) is 4.12. The second-order valence-corrected chi connectivity index (χ2v) is 4.89. The van der Waals surface area contributed by atoms with E-state index in [1.807, 2.05) is 37.3 Å². The summed E-state index contributed by atoms with van der Waals surface area (Å²) < 4.78 is 0. The van der Waals surface area contributed by atoms with Gasteiger partial charge in [-0.15, -0.1) is 11.6 Å². The fourth-order valence-electron chi connectivity index (χ4n) is 1.87. The lowest BCUT2D eigenvalue weighted by Crippen LogP contribution is -2.34. The van der Waals surface area contributed by atoms with Crippen LogP contribution in [0.1, 0.15) is 18.1 Å². The first kappa shape index (κ1) is 12.9. The van der Waals surface area contributed by atoms with Crippen LogP contribution in [0.4, 0.5) is 5.82 Å². The first-order chi connectivity index (χ1) is 8.65.